The minimum atomic E-state index is -3.47. The van der Waals surface area contributed by atoms with Gasteiger partial charge in [0.1, 0.15) is 0 Å². The van der Waals surface area contributed by atoms with Gasteiger partial charge < -0.3 is 15.1 Å². The first-order valence-corrected chi connectivity index (χ1v) is 10.6. The third kappa shape index (κ3) is 5.56. The molecule has 9 heteroatoms. The topological polar surface area (TPSA) is 118 Å². The number of carbonyl (C=O) groups is 2. The van der Waals surface area contributed by atoms with Gasteiger partial charge >= 0.3 is 0 Å². The summed E-state index contributed by atoms with van der Waals surface area (Å²) in [5.74, 6) is -0.316. The number of hydrogen-bond donors (Lipinski definition) is 3. The lowest BCUT2D eigenvalue weighted by atomic mass is 10.1. The predicted octanol–water partition coefficient (Wildman–Crippen LogP) is 3.01. The van der Waals surface area contributed by atoms with Gasteiger partial charge in [-0.15, -0.1) is 0 Å². The molecule has 1 aromatic heterocycles. The van der Waals surface area contributed by atoms with E-state index >= 15 is 0 Å². The van der Waals surface area contributed by atoms with E-state index in [9.17, 15) is 18.0 Å². The third-order valence-corrected chi connectivity index (χ3v) is 5.74. The summed E-state index contributed by atoms with van der Waals surface area (Å²) >= 11 is 0. The van der Waals surface area contributed by atoms with Gasteiger partial charge in [-0.05, 0) is 67.6 Å². The molecule has 0 saturated carbocycles. The Kier molecular flexibility index (Phi) is 6.65. The van der Waals surface area contributed by atoms with Crippen LogP contribution in [0.25, 0.3) is 0 Å². The summed E-state index contributed by atoms with van der Waals surface area (Å²) in [5.41, 5.74) is 2.04. The Morgan fingerprint density at radius 3 is 2.10 bits per heavy atom. The summed E-state index contributed by atoms with van der Waals surface area (Å²) < 4.78 is 30.7. The first kappa shape index (κ1) is 21.3. The van der Waals surface area contributed by atoms with Crippen molar-refractivity contribution in [2.24, 2.45) is 0 Å². The van der Waals surface area contributed by atoms with Crippen LogP contribution in [-0.4, -0.2) is 27.3 Å². The molecule has 3 rings (SSSR count). The monoisotopic (exact) mass is 427 g/mol. The Hall–Kier alpha value is -3.43. The van der Waals surface area contributed by atoms with E-state index in [0.29, 0.717) is 17.8 Å². The third-order valence-electron chi connectivity index (χ3n) is 4.31. The van der Waals surface area contributed by atoms with Crippen molar-refractivity contribution >= 4 is 33.2 Å². The van der Waals surface area contributed by atoms with Crippen LogP contribution >= 0.6 is 0 Å². The number of amides is 2. The molecule has 0 radical (unpaired) electrons. The smallest absolute Gasteiger partial charge is 0.291 e. The van der Waals surface area contributed by atoms with Crippen LogP contribution in [0.15, 0.2) is 76.2 Å². The molecule has 0 saturated heterocycles. The zero-order valence-electron chi connectivity index (χ0n) is 16.2. The molecule has 1 heterocycles. The summed E-state index contributed by atoms with van der Waals surface area (Å²) in [6.07, 6.45) is 2.14. The molecular weight excluding hydrogens is 406 g/mol. The number of furan rings is 1. The molecule has 3 aromatic rings. The molecule has 0 fully saturated rings. The van der Waals surface area contributed by atoms with Crippen LogP contribution in [0.2, 0.25) is 0 Å². The molecule has 30 heavy (non-hydrogen) atoms. The second kappa shape index (κ2) is 9.38. The second-order valence-electron chi connectivity index (χ2n) is 6.41. The van der Waals surface area contributed by atoms with Crippen LogP contribution in [0.1, 0.15) is 22.5 Å². The van der Waals surface area contributed by atoms with Crippen molar-refractivity contribution in [3.8, 4) is 0 Å². The summed E-state index contributed by atoms with van der Waals surface area (Å²) in [5, 5.41) is 5.49. The molecule has 2 aromatic carbocycles. The Balaban J connectivity index is 1.49. The Labute approximate surface area is 174 Å². The van der Waals surface area contributed by atoms with E-state index in [1.165, 1.54) is 25.4 Å². The number of nitrogens with one attached hydrogen (secondary N) is 3. The van der Waals surface area contributed by atoms with Crippen LogP contribution in [0.3, 0.4) is 0 Å². The van der Waals surface area contributed by atoms with Gasteiger partial charge in [-0.1, -0.05) is 12.1 Å². The zero-order valence-corrected chi connectivity index (χ0v) is 17.0. The molecule has 0 spiro atoms. The molecule has 156 valence electrons. The van der Waals surface area contributed by atoms with Crippen molar-refractivity contribution in [3.05, 3.63) is 78.3 Å². The molecule has 0 unspecified atom stereocenters. The minimum absolute atomic E-state index is 0.172. The molecule has 0 bridgehead atoms. The van der Waals surface area contributed by atoms with E-state index in [2.05, 4.69) is 15.4 Å². The van der Waals surface area contributed by atoms with E-state index in [-0.39, 0.29) is 28.9 Å². The molecule has 2 amide bonds. The molecule has 0 aliphatic carbocycles. The quantitative estimate of drug-likeness (QED) is 0.511. The first-order valence-electron chi connectivity index (χ1n) is 9.14. The molecular formula is C21H21N3O5S. The van der Waals surface area contributed by atoms with E-state index in [4.69, 9.17) is 4.42 Å². The molecule has 0 aliphatic rings. The van der Waals surface area contributed by atoms with Gasteiger partial charge in [-0.25, -0.2) is 13.1 Å². The first-order chi connectivity index (χ1) is 14.4. The van der Waals surface area contributed by atoms with Crippen molar-refractivity contribution in [3.63, 3.8) is 0 Å². The van der Waals surface area contributed by atoms with Gasteiger partial charge in [-0.3, -0.25) is 9.59 Å². The maximum absolute atomic E-state index is 12.2. The van der Waals surface area contributed by atoms with Crippen molar-refractivity contribution in [1.29, 1.82) is 0 Å². The molecule has 0 atom stereocenters. The van der Waals surface area contributed by atoms with Gasteiger partial charge in [0.25, 0.3) is 5.91 Å². The highest BCUT2D eigenvalue weighted by molar-refractivity contribution is 7.89. The maximum Gasteiger partial charge on any atom is 0.291 e. The van der Waals surface area contributed by atoms with Crippen molar-refractivity contribution < 1.29 is 22.4 Å². The van der Waals surface area contributed by atoms with Crippen molar-refractivity contribution in [2.45, 2.75) is 17.7 Å². The fraction of sp³-hybridized carbons (Fsp3) is 0.143. The van der Waals surface area contributed by atoms with Crippen LogP contribution < -0.4 is 15.4 Å². The largest absolute Gasteiger partial charge is 0.459 e. The van der Waals surface area contributed by atoms with Crippen molar-refractivity contribution in [1.82, 2.24) is 4.72 Å². The molecule has 8 nitrogen and oxygen atoms in total. The molecule has 0 aliphatic heterocycles. The van der Waals surface area contributed by atoms with E-state index in [0.717, 1.165) is 5.56 Å². The zero-order chi connectivity index (χ0) is 21.6. The summed E-state index contributed by atoms with van der Waals surface area (Å²) in [7, 11) is -2.12. The van der Waals surface area contributed by atoms with Gasteiger partial charge in [-0.2, -0.15) is 0 Å². The highest BCUT2D eigenvalue weighted by Gasteiger charge is 2.11. The number of rotatable bonds is 8. The lowest BCUT2D eigenvalue weighted by Crippen LogP contribution is -2.18. The summed E-state index contributed by atoms with van der Waals surface area (Å²) in [4.78, 5) is 24.3. The fourth-order valence-electron chi connectivity index (χ4n) is 2.67. The van der Waals surface area contributed by atoms with Crippen LogP contribution in [-0.2, 0) is 21.2 Å². The fourth-order valence-corrected chi connectivity index (χ4v) is 3.40. The number of aryl methyl sites for hydroxylation is 1. The summed E-state index contributed by atoms with van der Waals surface area (Å²) in [6.45, 7) is 0. The number of sulfonamides is 1. The Bertz CT molecular complexity index is 1110. The average Bonchev–Trinajstić information content (AvgIpc) is 3.29. The second-order valence-corrected chi connectivity index (χ2v) is 8.29. The van der Waals surface area contributed by atoms with Gasteiger partial charge in [0, 0.05) is 17.8 Å². The van der Waals surface area contributed by atoms with Gasteiger partial charge in [0.15, 0.2) is 5.76 Å². The highest BCUT2D eigenvalue weighted by Crippen LogP contribution is 2.16. The van der Waals surface area contributed by atoms with E-state index in [1.807, 2.05) is 0 Å². The SMILES string of the molecule is CNS(=O)(=O)c1ccc(CCC(=O)Nc2ccc(NC(=O)c3ccco3)cc2)cc1. The Morgan fingerprint density at radius 2 is 1.53 bits per heavy atom. The summed E-state index contributed by atoms with van der Waals surface area (Å²) in [6, 6.07) is 16.3. The van der Waals surface area contributed by atoms with Crippen LogP contribution in [0.5, 0.6) is 0 Å². The number of carbonyl (C=O) groups excluding carboxylic acids is 2. The van der Waals surface area contributed by atoms with Crippen molar-refractivity contribution in [2.75, 3.05) is 17.7 Å². The predicted molar refractivity (Wildman–Crippen MR) is 113 cm³/mol. The average molecular weight is 427 g/mol. The standard InChI is InChI=1S/C21H21N3O5S/c1-22-30(27,28)18-11-4-15(5-12-18)6-13-20(25)23-16-7-9-17(10-8-16)24-21(26)19-3-2-14-29-19/h2-5,7-12,14,22H,6,13H2,1H3,(H,23,25)(H,24,26). The maximum atomic E-state index is 12.2. The normalized spacial score (nSPS) is 11.1. The van der Waals surface area contributed by atoms with Gasteiger partial charge in [0.05, 0.1) is 11.2 Å². The number of anilines is 2. The number of benzene rings is 2. The van der Waals surface area contributed by atoms with Crippen LogP contribution in [0, 0.1) is 0 Å². The highest BCUT2D eigenvalue weighted by atomic mass is 32.2. The van der Waals surface area contributed by atoms with Crippen LogP contribution in [0.4, 0.5) is 11.4 Å². The van der Waals surface area contributed by atoms with Gasteiger partial charge in [0.2, 0.25) is 15.9 Å². The van der Waals surface area contributed by atoms with E-state index in [1.54, 1.807) is 48.5 Å². The molecule has 3 N–H and O–H groups in total. The van der Waals surface area contributed by atoms with E-state index < -0.39 is 10.0 Å². The number of hydrogen-bond acceptors (Lipinski definition) is 5. The minimum Gasteiger partial charge on any atom is -0.459 e. The lowest BCUT2D eigenvalue weighted by Gasteiger charge is -2.08. The Morgan fingerprint density at radius 1 is 0.900 bits per heavy atom. The lowest BCUT2D eigenvalue weighted by molar-refractivity contribution is -0.116.